The second kappa shape index (κ2) is 9.22. The summed E-state index contributed by atoms with van der Waals surface area (Å²) < 4.78 is 7.75. The van der Waals surface area contributed by atoms with Crippen molar-refractivity contribution in [3.05, 3.63) is 75.4 Å². The van der Waals surface area contributed by atoms with E-state index in [4.69, 9.17) is 4.74 Å². The largest absolute Gasteiger partial charge is 0.495 e. The van der Waals surface area contributed by atoms with E-state index in [1.54, 1.807) is 36.2 Å². The molecule has 7 nitrogen and oxygen atoms in total. The maximum atomic E-state index is 13.6. The van der Waals surface area contributed by atoms with Crippen LogP contribution in [0.15, 0.2) is 59.4 Å². The zero-order valence-corrected chi connectivity index (χ0v) is 18.6. The predicted molar refractivity (Wildman–Crippen MR) is 126 cm³/mol. The Bertz CT molecular complexity index is 1330. The lowest BCUT2D eigenvalue weighted by atomic mass is 10.1. The number of rotatable bonds is 8. The first kappa shape index (κ1) is 22.2. The van der Waals surface area contributed by atoms with Gasteiger partial charge in [0.25, 0.3) is 5.56 Å². The van der Waals surface area contributed by atoms with Crippen LogP contribution in [0.4, 0.5) is 0 Å². The topological polar surface area (TPSA) is 92.0 Å². The van der Waals surface area contributed by atoms with Crippen molar-refractivity contribution in [3.8, 4) is 5.75 Å². The van der Waals surface area contributed by atoms with E-state index in [0.29, 0.717) is 31.8 Å². The number of methoxy groups -OCH3 is 1. The molecule has 1 atom stereocenters. The van der Waals surface area contributed by atoms with Crippen LogP contribution in [0.3, 0.4) is 0 Å². The third-order valence-electron chi connectivity index (χ3n) is 5.49. The highest BCUT2D eigenvalue weighted by molar-refractivity contribution is 7.20. The molecular weight excluding hydrogens is 428 g/mol. The molecule has 0 bridgehead atoms. The van der Waals surface area contributed by atoms with Crippen LogP contribution in [-0.4, -0.2) is 52.8 Å². The third-order valence-corrected chi connectivity index (χ3v) is 6.74. The molecular formula is C24H24N2O5S. The molecule has 1 unspecified atom stereocenters. The average molecular weight is 453 g/mol. The number of Topliss-reactive ketones (excluding diaryl/α,β-unsaturated/α-hetero) is 1. The highest BCUT2D eigenvalue weighted by Crippen LogP contribution is 2.43. The molecule has 0 saturated carbocycles. The number of pyridine rings is 1. The van der Waals surface area contributed by atoms with Gasteiger partial charge in [0.05, 0.1) is 35.4 Å². The van der Waals surface area contributed by atoms with Crippen molar-refractivity contribution in [2.75, 3.05) is 27.3 Å². The van der Waals surface area contributed by atoms with E-state index >= 15 is 0 Å². The average Bonchev–Trinajstić information content (AvgIpc) is 3.22. The first-order chi connectivity index (χ1) is 15.5. The van der Waals surface area contributed by atoms with Crippen LogP contribution < -0.4 is 10.3 Å². The van der Waals surface area contributed by atoms with Crippen LogP contribution in [0.5, 0.6) is 5.75 Å². The molecule has 8 heteroatoms. The van der Waals surface area contributed by atoms with E-state index in [-0.39, 0.29) is 31.0 Å². The van der Waals surface area contributed by atoms with Gasteiger partial charge in [-0.05, 0) is 13.1 Å². The third kappa shape index (κ3) is 3.82. The second-order valence-electron chi connectivity index (χ2n) is 7.48. The minimum atomic E-state index is -1.05. The molecule has 2 N–H and O–H groups in total. The Hall–Kier alpha value is -3.04. The molecule has 4 aromatic rings. The van der Waals surface area contributed by atoms with Gasteiger partial charge in [0.2, 0.25) is 0 Å². The molecule has 0 radical (unpaired) electrons. The first-order valence-electron chi connectivity index (χ1n) is 10.2. The standard InChI is InChI=1S/C24H24N2O5S/c1-25(12-13-27)24(30)22-20(31-2)19-21(32-22)16-10-6-7-11-17(16)26(23(19)29)14-18(28)15-8-4-3-5-9-15/h3-11,24,27,30H,12-14H2,1-2H3. The van der Waals surface area contributed by atoms with Crippen molar-refractivity contribution >= 4 is 38.1 Å². The minimum Gasteiger partial charge on any atom is -0.495 e. The van der Waals surface area contributed by atoms with Gasteiger partial charge in [-0.25, -0.2) is 0 Å². The van der Waals surface area contributed by atoms with Crippen molar-refractivity contribution in [1.29, 1.82) is 0 Å². The van der Waals surface area contributed by atoms with Crippen molar-refractivity contribution in [2.24, 2.45) is 0 Å². The summed E-state index contributed by atoms with van der Waals surface area (Å²) in [6.45, 7) is 0.0355. The fourth-order valence-corrected chi connectivity index (χ4v) is 5.18. The minimum absolute atomic E-state index is 0.111. The number of aliphatic hydroxyl groups is 2. The first-order valence-corrected chi connectivity index (χ1v) is 11.0. The summed E-state index contributed by atoms with van der Waals surface area (Å²) in [5.74, 6) is 0.119. The molecule has 0 saturated heterocycles. The van der Waals surface area contributed by atoms with E-state index < -0.39 is 6.23 Å². The second-order valence-corrected chi connectivity index (χ2v) is 8.53. The predicted octanol–water partition coefficient (Wildman–Crippen LogP) is 3.02. The van der Waals surface area contributed by atoms with Gasteiger partial charge in [-0.1, -0.05) is 48.5 Å². The maximum Gasteiger partial charge on any atom is 0.264 e. The van der Waals surface area contributed by atoms with Gasteiger partial charge in [-0.3, -0.25) is 19.1 Å². The van der Waals surface area contributed by atoms with Crippen LogP contribution in [0.1, 0.15) is 21.5 Å². The number of ether oxygens (including phenoxy) is 1. The normalized spacial score (nSPS) is 12.5. The number of hydrogen-bond acceptors (Lipinski definition) is 7. The highest BCUT2D eigenvalue weighted by atomic mass is 32.1. The monoisotopic (exact) mass is 452 g/mol. The van der Waals surface area contributed by atoms with Gasteiger partial charge >= 0.3 is 0 Å². The lowest BCUT2D eigenvalue weighted by molar-refractivity contribution is 0.0125. The number of nitrogens with zero attached hydrogens (tertiary/aromatic N) is 2. The van der Waals surface area contributed by atoms with E-state index in [9.17, 15) is 19.8 Å². The summed E-state index contributed by atoms with van der Waals surface area (Å²) in [6.07, 6.45) is -1.05. The van der Waals surface area contributed by atoms with Gasteiger partial charge in [0, 0.05) is 17.5 Å². The number of likely N-dealkylation sites (N-methyl/N-ethyl adjacent to an activating group) is 1. The number of carbonyl (C=O) groups excluding carboxylic acids is 1. The van der Waals surface area contributed by atoms with Crippen LogP contribution in [-0.2, 0) is 6.54 Å². The van der Waals surface area contributed by atoms with Crippen LogP contribution >= 0.6 is 11.3 Å². The number of hydrogen-bond donors (Lipinski definition) is 2. The van der Waals surface area contributed by atoms with E-state index in [0.717, 1.165) is 5.39 Å². The summed E-state index contributed by atoms with van der Waals surface area (Å²) in [5.41, 5.74) is 0.824. The Labute approximate surface area is 188 Å². The SMILES string of the molecule is COc1c(C(O)N(C)CCO)sc2c1c(=O)n(CC(=O)c1ccccc1)c1ccccc21. The molecule has 0 aliphatic rings. The summed E-state index contributed by atoms with van der Waals surface area (Å²) in [4.78, 5) is 28.6. The Morgan fingerprint density at radius 3 is 2.53 bits per heavy atom. The lowest BCUT2D eigenvalue weighted by Crippen LogP contribution is -2.27. The number of aromatic nitrogens is 1. The smallest absolute Gasteiger partial charge is 0.264 e. The van der Waals surface area contributed by atoms with Crippen molar-refractivity contribution in [2.45, 2.75) is 12.8 Å². The number of fused-ring (bicyclic) bond motifs is 3. The van der Waals surface area contributed by atoms with Gasteiger partial charge in [-0.2, -0.15) is 0 Å². The number of thiophene rings is 1. The Morgan fingerprint density at radius 2 is 1.84 bits per heavy atom. The summed E-state index contributed by atoms with van der Waals surface area (Å²) in [7, 11) is 3.14. The molecule has 0 amide bonds. The number of aliphatic hydroxyl groups excluding tert-OH is 2. The van der Waals surface area contributed by atoms with Crippen LogP contribution in [0, 0.1) is 0 Å². The fourth-order valence-electron chi connectivity index (χ4n) is 3.83. The zero-order valence-electron chi connectivity index (χ0n) is 17.8. The lowest BCUT2D eigenvalue weighted by Gasteiger charge is -2.22. The number of carbonyl (C=O) groups is 1. The molecule has 32 heavy (non-hydrogen) atoms. The van der Waals surface area contributed by atoms with Crippen molar-refractivity contribution in [3.63, 3.8) is 0 Å². The van der Waals surface area contributed by atoms with Gasteiger partial charge in [0.1, 0.15) is 17.4 Å². The van der Waals surface area contributed by atoms with Crippen molar-refractivity contribution < 1.29 is 19.7 Å². The molecule has 0 aliphatic heterocycles. The van der Waals surface area contributed by atoms with Crippen molar-refractivity contribution in [1.82, 2.24) is 9.47 Å². The van der Waals surface area contributed by atoms with Crippen LogP contribution in [0.2, 0.25) is 0 Å². The Morgan fingerprint density at radius 1 is 1.16 bits per heavy atom. The Balaban J connectivity index is 1.95. The quantitative estimate of drug-likeness (QED) is 0.315. The molecule has 4 rings (SSSR count). The number of benzene rings is 2. The van der Waals surface area contributed by atoms with Crippen LogP contribution in [0.25, 0.3) is 21.0 Å². The summed E-state index contributed by atoms with van der Waals surface area (Å²) in [6, 6.07) is 16.3. The van der Waals surface area contributed by atoms with Gasteiger partial charge < -0.3 is 14.9 Å². The summed E-state index contributed by atoms with van der Waals surface area (Å²) in [5, 5.41) is 21.2. The van der Waals surface area contributed by atoms with Gasteiger partial charge in [-0.15, -0.1) is 11.3 Å². The molecule has 2 aromatic heterocycles. The molecule has 2 aromatic carbocycles. The number of para-hydroxylation sites is 1. The van der Waals surface area contributed by atoms with E-state index in [2.05, 4.69) is 0 Å². The molecule has 2 heterocycles. The molecule has 0 spiro atoms. The maximum absolute atomic E-state index is 13.6. The zero-order chi connectivity index (χ0) is 22.8. The Kier molecular flexibility index (Phi) is 6.38. The molecule has 0 fully saturated rings. The fraction of sp³-hybridized carbons (Fsp3) is 0.250. The molecule has 166 valence electrons. The van der Waals surface area contributed by atoms with Gasteiger partial charge in [0.15, 0.2) is 5.78 Å². The molecule has 0 aliphatic carbocycles. The highest BCUT2D eigenvalue weighted by Gasteiger charge is 2.27. The van der Waals surface area contributed by atoms with E-state index in [1.807, 2.05) is 30.3 Å². The summed E-state index contributed by atoms with van der Waals surface area (Å²) >= 11 is 1.28. The van der Waals surface area contributed by atoms with E-state index in [1.165, 1.54) is 23.0 Å². The number of ketones is 1.